The molecule has 0 N–H and O–H groups in total. The van der Waals surface area contributed by atoms with Crippen molar-refractivity contribution in [2.24, 2.45) is 0 Å². The van der Waals surface area contributed by atoms with Gasteiger partial charge in [0.2, 0.25) is 0 Å². The first-order valence-electron chi connectivity index (χ1n) is 2.94. The van der Waals surface area contributed by atoms with E-state index in [1.54, 1.807) is 0 Å². The quantitative estimate of drug-likeness (QED) is 0.369. The molecule has 0 spiro atoms. The van der Waals surface area contributed by atoms with Crippen molar-refractivity contribution in [1.82, 2.24) is 0 Å². The summed E-state index contributed by atoms with van der Waals surface area (Å²) in [5.41, 5.74) is 2.50. The number of benzene rings is 1. The molecule has 0 atom stereocenters. The molecule has 0 saturated heterocycles. The summed E-state index contributed by atoms with van der Waals surface area (Å²) in [4.78, 5) is 0.938. The van der Waals surface area contributed by atoms with Crippen LogP contribution in [0.25, 0.3) is 0 Å². The standard InChI is InChI=1S/C8H10S.K/c1-6-3-7(2)5-8(9)4-6;/h3-5,9H,1-2H3;/q;+1/p-1. The maximum absolute atomic E-state index is 4.99. The summed E-state index contributed by atoms with van der Waals surface area (Å²) >= 11 is 4.99. The molecule has 1 aromatic carbocycles. The van der Waals surface area contributed by atoms with E-state index in [1.807, 2.05) is 12.1 Å². The van der Waals surface area contributed by atoms with E-state index in [2.05, 4.69) is 19.9 Å². The molecular formula is C8H9KS. The second kappa shape index (κ2) is 4.85. The molecule has 0 amide bonds. The number of aryl methyl sites for hydroxylation is 2. The van der Waals surface area contributed by atoms with Crippen molar-refractivity contribution in [2.75, 3.05) is 0 Å². The minimum absolute atomic E-state index is 0. The van der Waals surface area contributed by atoms with Crippen LogP contribution in [0.5, 0.6) is 0 Å². The van der Waals surface area contributed by atoms with Crippen LogP contribution in [0.3, 0.4) is 0 Å². The molecule has 0 radical (unpaired) electrons. The molecule has 10 heavy (non-hydrogen) atoms. The van der Waals surface area contributed by atoms with Crippen molar-refractivity contribution >= 4 is 12.6 Å². The maximum atomic E-state index is 4.99. The van der Waals surface area contributed by atoms with Gasteiger partial charge in [0, 0.05) is 0 Å². The SMILES string of the molecule is Cc1cc(C)cc([S-])c1.[K+]. The smallest absolute Gasteiger partial charge is 0.780 e. The van der Waals surface area contributed by atoms with E-state index in [9.17, 15) is 0 Å². The predicted octanol–water partition coefficient (Wildman–Crippen LogP) is -0.787. The molecule has 0 fully saturated rings. The van der Waals surface area contributed by atoms with E-state index in [1.165, 1.54) is 11.1 Å². The number of hydrogen-bond acceptors (Lipinski definition) is 1. The predicted molar refractivity (Wildman–Crippen MR) is 41.5 cm³/mol. The minimum Gasteiger partial charge on any atom is -0.780 e. The minimum atomic E-state index is 0. The molecule has 0 heterocycles. The van der Waals surface area contributed by atoms with Crippen LogP contribution in [0.15, 0.2) is 23.1 Å². The molecule has 0 aromatic heterocycles. The first-order valence-corrected chi connectivity index (χ1v) is 3.34. The van der Waals surface area contributed by atoms with Gasteiger partial charge in [-0.05, 0) is 13.8 Å². The summed E-state index contributed by atoms with van der Waals surface area (Å²) < 4.78 is 0. The zero-order valence-corrected chi connectivity index (χ0v) is 10.6. The van der Waals surface area contributed by atoms with Crippen LogP contribution in [0.4, 0.5) is 0 Å². The van der Waals surface area contributed by atoms with Gasteiger partial charge in [0.1, 0.15) is 0 Å². The van der Waals surface area contributed by atoms with Crippen molar-refractivity contribution in [2.45, 2.75) is 18.7 Å². The Kier molecular flexibility index (Phi) is 5.38. The van der Waals surface area contributed by atoms with Gasteiger partial charge in [-0.3, -0.25) is 0 Å². The molecule has 0 unspecified atom stereocenters. The second-order valence-electron chi connectivity index (χ2n) is 2.32. The summed E-state index contributed by atoms with van der Waals surface area (Å²) in [6.45, 7) is 4.12. The van der Waals surface area contributed by atoms with Crippen LogP contribution >= 0.6 is 0 Å². The molecule has 0 aliphatic heterocycles. The van der Waals surface area contributed by atoms with Crippen LogP contribution in [0, 0.1) is 13.8 Å². The average Bonchev–Trinajstić information content (AvgIpc) is 1.59. The van der Waals surface area contributed by atoms with Crippen LogP contribution in [0.2, 0.25) is 0 Å². The van der Waals surface area contributed by atoms with E-state index in [-0.39, 0.29) is 51.4 Å². The summed E-state index contributed by atoms with van der Waals surface area (Å²) in [5.74, 6) is 0. The zero-order chi connectivity index (χ0) is 6.85. The van der Waals surface area contributed by atoms with Gasteiger partial charge in [-0.25, -0.2) is 0 Å². The Balaban J connectivity index is 0.000000810. The topological polar surface area (TPSA) is 0 Å². The Bertz CT molecular complexity index is 170. The van der Waals surface area contributed by atoms with Crippen LogP contribution in [-0.4, -0.2) is 0 Å². The van der Waals surface area contributed by atoms with Crippen molar-refractivity contribution < 1.29 is 51.4 Å². The van der Waals surface area contributed by atoms with Gasteiger partial charge in [0.25, 0.3) is 0 Å². The van der Waals surface area contributed by atoms with Gasteiger partial charge in [0.05, 0.1) is 0 Å². The summed E-state index contributed by atoms with van der Waals surface area (Å²) in [6, 6.07) is 6.13. The molecule has 48 valence electrons. The molecule has 0 aliphatic rings. The summed E-state index contributed by atoms with van der Waals surface area (Å²) in [5, 5.41) is 0. The third kappa shape index (κ3) is 3.46. The largest absolute Gasteiger partial charge is 1.00 e. The summed E-state index contributed by atoms with van der Waals surface area (Å²) in [6.07, 6.45) is 0. The van der Waals surface area contributed by atoms with Gasteiger partial charge < -0.3 is 12.6 Å². The number of hydrogen-bond donors (Lipinski definition) is 0. The van der Waals surface area contributed by atoms with Crippen LogP contribution in [-0.2, 0) is 12.6 Å². The Labute approximate surface area is 110 Å². The molecule has 0 bridgehead atoms. The Morgan fingerprint density at radius 2 is 1.40 bits per heavy atom. The van der Waals surface area contributed by atoms with E-state index in [0.29, 0.717) is 0 Å². The first kappa shape index (κ1) is 11.1. The molecule has 1 rings (SSSR count). The van der Waals surface area contributed by atoms with Gasteiger partial charge in [-0.2, -0.15) is 4.90 Å². The maximum Gasteiger partial charge on any atom is 1.00 e. The fraction of sp³-hybridized carbons (Fsp3) is 0.250. The van der Waals surface area contributed by atoms with Crippen LogP contribution < -0.4 is 51.4 Å². The number of rotatable bonds is 0. The first-order chi connectivity index (χ1) is 4.18. The second-order valence-corrected chi connectivity index (χ2v) is 2.79. The fourth-order valence-corrected chi connectivity index (χ4v) is 1.30. The molecular weight excluding hydrogens is 167 g/mol. The third-order valence-corrected chi connectivity index (χ3v) is 1.43. The normalized spacial score (nSPS) is 8.60. The molecule has 2 heteroatoms. The van der Waals surface area contributed by atoms with Crippen molar-refractivity contribution in [3.05, 3.63) is 29.3 Å². The van der Waals surface area contributed by atoms with E-state index in [0.717, 1.165) is 4.90 Å². The molecule has 0 saturated carbocycles. The molecule has 0 aliphatic carbocycles. The van der Waals surface area contributed by atoms with Gasteiger partial charge in [-0.1, -0.05) is 29.3 Å². The van der Waals surface area contributed by atoms with Gasteiger partial charge in [-0.15, -0.1) is 0 Å². The Morgan fingerprint density at radius 1 is 1.00 bits per heavy atom. The van der Waals surface area contributed by atoms with Crippen molar-refractivity contribution in [3.8, 4) is 0 Å². The van der Waals surface area contributed by atoms with Gasteiger partial charge in [0.15, 0.2) is 0 Å². The van der Waals surface area contributed by atoms with Crippen molar-refractivity contribution in [3.63, 3.8) is 0 Å². The summed E-state index contributed by atoms with van der Waals surface area (Å²) in [7, 11) is 0. The van der Waals surface area contributed by atoms with Crippen LogP contribution in [0.1, 0.15) is 11.1 Å². The molecule has 1 aromatic rings. The van der Waals surface area contributed by atoms with E-state index < -0.39 is 0 Å². The Hall–Kier alpha value is 1.08. The molecule has 0 nitrogen and oxygen atoms in total. The third-order valence-electron chi connectivity index (χ3n) is 1.20. The Morgan fingerprint density at radius 3 is 1.70 bits per heavy atom. The van der Waals surface area contributed by atoms with E-state index >= 15 is 0 Å². The van der Waals surface area contributed by atoms with E-state index in [4.69, 9.17) is 12.6 Å². The zero-order valence-electron chi connectivity index (χ0n) is 6.64. The fourth-order valence-electron chi connectivity index (χ4n) is 0.933. The monoisotopic (exact) mass is 176 g/mol. The van der Waals surface area contributed by atoms with Crippen molar-refractivity contribution in [1.29, 1.82) is 0 Å². The average molecular weight is 176 g/mol. The van der Waals surface area contributed by atoms with Gasteiger partial charge >= 0.3 is 51.4 Å².